The van der Waals surface area contributed by atoms with E-state index in [4.69, 9.17) is 15.8 Å². The van der Waals surface area contributed by atoms with Gasteiger partial charge in [-0.25, -0.2) is 4.79 Å². The molecule has 0 bridgehead atoms. The number of nitrogens with two attached hydrogens (primary N) is 1. The highest BCUT2D eigenvalue weighted by Crippen LogP contribution is 2.41. The Morgan fingerprint density at radius 3 is 2.47 bits per heavy atom. The number of hydroxylamine groups is 2. The lowest BCUT2D eigenvalue weighted by Crippen LogP contribution is -2.46. The fourth-order valence-corrected chi connectivity index (χ4v) is 1.76. The molecule has 0 aliphatic rings. The largest absolute Gasteiger partial charge is 0.381 e. The van der Waals surface area contributed by atoms with Crippen LogP contribution in [0, 0.1) is 0 Å². The van der Waals surface area contributed by atoms with E-state index in [0.29, 0.717) is 0 Å². The lowest BCUT2D eigenvalue weighted by Gasteiger charge is -2.23. The van der Waals surface area contributed by atoms with Gasteiger partial charge in [-0.1, -0.05) is 0 Å². The van der Waals surface area contributed by atoms with Crippen molar-refractivity contribution in [2.75, 3.05) is 13.3 Å². The number of hydrogen-bond acceptors (Lipinski definition) is 5. The average Bonchev–Trinajstić information content (AvgIpc) is 2.10. The molecule has 0 radical (unpaired) electrons. The van der Waals surface area contributed by atoms with Gasteiger partial charge in [0.05, 0.1) is 0 Å². The summed E-state index contributed by atoms with van der Waals surface area (Å²) >= 11 is 0. The number of urea groups is 1. The second-order valence-corrected chi connectivity index (χ2v) is 5.66. The first-order valence-corrected chi connectivity index (χ1v) is 6.31. The molecule has 0 aliphatic heterocycles. The molecule has 0 saturated carbocycles. The molecular formula is C6H16N3O5P. The summed E-state index contributed by atoms with van der Waals surface area (Å²) in [6.45, 7) is 2.11. The molecule has 0 fully saturated rings. The third-order valence-corrected chi connectivity index (χ3v) is 3.18. The van der Waals surface area contributed by atoms with Gasteiger partial charge in [0.25, 0.3) is 0 Å². The van der Waals surface area contributed by atoms with E-state index in [1.807, 2.05) is 0 Å². The molecule has 0 rings (SSSR count). The van der Waals surface area contributed by atoms with Crippen LogP contribution in [-0.2, 0) is 4.57 Å². The second-order valence-electron chi connectivity index (χ2n) is 3.25. The molecule has 0 aliphatic carbocycles. The number of carbonyl (C=O) groups is 1. The fourth-order valence-electron chi connectivity index (χ4n) is 0.829. The molecule has 0 aromatic carbocycles. The molecule has 3 atom stereocenters. The van der Waals surface area contributed by atoms with Gasteiger partial charge in [-0.05, 0) is 6.92 Å². The summed E-state index contributed by atoms with van der Waals surface area (Å²) in [6, 6.07) is -1.83. The van der Waals surface area contributed by atoms with Crippen LogP contribution in [-0.4, -0.2) is 51.5 Å². The minimum Gasteiger partial charge on any atom is -0.381 e. The van der Waals surface area contributed by atoms with Crippen LogP contribution < -0.4 is 11.1 Å². The van der Waals surface area contributed by atoms with Crippen molar-refractivity contribution in [1.82, 2.24) is 10.4 Å². The minimum atomic E-state index is -3.62. The number of aliphatic hydroxyl groups excluding tert-OH is 1. The van der Waals surface area contributed by atoms with Crippen molar-refractivity contribution in [2.45, 2.75) is 18.8 Å². The molecule has 90 valence electrons. The van der Waals surface area contributed by atoms with Gasteiger partial charge < -0.3 is 15.7 Å². The summed E-state index contributed by atoms with van der Waals surface area (Å²) < 4.78 is 11.0. The Balaban J connectivity index is 4.10. The summed E-state index contributed by atoms with van der Waals surface area (Å²) in [6.07, 6.45) is 0. The molecule has 0 saturated heterocycles. The molecule has 0 aromatic heterocycles. The quantitative estimate of drug-likeness (QED) is 0.179. The van der Waals surface area contributed by atoms with Gasteiger partial charge in [-0.3, -0.25) is 15.1 Å². The number of nitrogens with one attached hydrogen (secondary N) is 1. The topological polar surface area (TPSA) is 136 Å². The van der Waals surface area contributed by atoms with Gasteiger partial charge >= 0.3 is 6.03 Å². The van der Waals surface area contributed by atoms with Crippen LogP contribution in [0.5, 0.6) is 0 Å². The Morgan fingerprint density at radius 1 is 1.67 bits per heavy atom. The Labute approximate surface area is 87.1 Å². The van der Waals surface area contributed by atoms with E-state index in [1.165, 1.54) is 6.92 Å². The predicted octanol–water partition coefficient (Wildman–Crippen LogP) is -1.09. The first-order chi connectivity index (χ1) is 6.66. The standard InChI is InChI=1S/C6H16N3O5P/c1-4(5(10)15(2,13)14)8-3-9(12)6(7)11/h4-5,8,10,12H,3H2,1-2H3,(H2,7,11)(H,13,14). The van der Waals surface area contributed by atoms with Crippen LogP contribution in [0.4, 0.5) is 4.79 Å². The zero-order valence-electron chi connectivity index (χ0n) is 8.49. The van der Waals surface area contributed by atoms with Crippen molar-refractivity contribution < 1.29 is 24.6 Å². The van der Waals surface area contributed by atoms with Gasteiger partial charge in [0.15, 0.2) is 0 Å². The number of aliphatic hydroxyl groups is 1. The summed E-state index contributed by atoms with van der Waals surface area (Å²) in [5, 5.41) is 20.8. The lowest BCUT2D eigenvalue weighted by atomic mass is 10.4. The molecule has 6 N–H and O–H groups in total. The number of nitrogens with zero attached hydrogens (tertiary/aromatic N) is 1. The maximum absolute atomic E-state index is 11.0. The summed E-state index contributed by atoms with van der Waals surface area (Å²) in [7, 11) is -3.62. The van der Waals surface area contributed by atoms with Gasteiger partial charge in [0, 0.05) is 12.7 Å². The average molecular weight is 241 g/mol. The predicted molar refractivity (Wildman–Crippen MR) is 52.4 cm³/mol. The molecular weight excluding hydrogens is 225 g/mol. The third kappa shape index (κ3) is 5.10. The lowest BCUT2D eigenvalue weighted by molar-refractivity contribution is -0.0491. The van der Waals surface area contributed by atoms with Gasteiger partial charge in [0.1, 0.15) is 12.5 Å². The Bertz CT molecular complexity index is 267. The summed E-state index contributed by atoms with van der Waals surface area (Å²) in [4.78, 5) is 19.4. The van der Waals surface area contributed by atoms with Crippen LogP contribution in [0.2, 0.25) is 0 Å². The van der Waals surface area contributed by atoms with E-state index in [-0.39, 0.29) is 11.7 Å². The van der Waals surface area contributed by atoms with Crippen molar-refractivity contribution in [3.8, 4) is 0 Å². The van der Waals surface area contributed by atoms with Crippen LogP contribution >= 0.6 is 7.37 Å². The Kier molecular flexibility index (Phi) is 5.19. The highest BCUT2D eigenvalue weighted by atomic mass is 31.2. The number of carbonyl (C=O) groups excluding carboxylic acids is 1. The smallest absolute Gasteiger partial charge is 0.339 e. The number of rotatable bonds is 5. The second kappa shape index (κ2) is 5.43. The van der Waals surface area contributed by atoms with E-state index < -0.39 is 25.3 Å². The molecule has 2 amide bonds. The highest BCUT2D eigenvalue weighted by molar-refractivity contribution is 7.57. The van der Waals surface area contributed by atoms with Gasteiger partial charge in [-0.2, -0.15) is 5.06 Å². The van der Waals surface area contributed by atoms with Crippen LogP contribution in [0.25, 0.3) is 0 Å². The number of hydrogen-bond donors (Lipinski definition) is 5. The molecule has 0 spiro atoms. The monoisotopic (exact) mass is 241 g/mol. The van der Waals surface area contributed by atoms with Crippen LogP contribution in [0.3, 0.4) is 0 Å². The van der Waals surface area contributed by atoms with Crippen LogP contribution in [0.15, 0.2) is 0 Å². The third-order valence-electron chi connectivity index (χ3n) is 1.76. The summed E-state index contributed by atoms with van der Waals surface area (Å²) in [5.41, 5.74) is 4.71. The maximum atomic E-state index is 11.0. The van der Waals surface area contributed by atoms with Crippen molar-refractivity contribution in [3.05, 3.63) is 0 Å². The highest BCUT2D eigenvalue weighted by Gasteiger charge is 2.28. The first kappa shape index (κ1) is 14.3. The van der Waals surface area contributed by atoms with E-state index in [0.717, 1.165) is 6.66 Å². The molecule has 8 nitrogen and oxygen atoms in total. The first-order valence-electron chi connectivity index (χ1n) is 4.13. The van der Waals surface area contributed by atoms with Crippen molar-refractivity contribution in [2.24, 2.45) is 5.73 Å². The molecule has 3 unspecified atom stereocenters. The Hall–Kier alpha value is -0.660. The maximum Gasteiger partial charge on any atom is 0.339 e. The fraction of sp³-hybridized carbons (Fsp3) is 0.833. The molecule has 15 heavy (non-hydrogen) atoms. The van der Waals surface area contributed by atoms with E-state index in [2.05, 4.69) is 5.32 Å². The zero-order valence-corrected chi connectivity index (χ0v) is 9.39. The van der Waals surface area contributed by atoms with Gasteiger partial charge in [0.2, 0.25) is 7.37 Å². The SMILES string of the molecule is CC(NCN(O)C(N)=O)C(O)P(C)(=O)O. The molecule has 9 heteroatoms. The van der Waals surface area contributed by atoms with Gasteiger partial charge in [-0.15, -0.1) is 0 Å². The molecule has 0 heterocycles. The number of primary amides is 1. The van der Waals surface area contributed by atoms with E-state index in [1.54, 1.807) is 0 Å². The normalized spacial score (nSPS) is 19.0. The van der Waals surface area contributed by atoms with E-state index in [9.17, 15) is 14.5 Å². The number of amides is 2. The zero-order chi connectivity index (χ0) is 12.2. The van der Waals surface area contributed by atoms with Crippen molar-refractivity contribution in [1.29, 1.82) is 0 Å². The van der Waals surface area contributed by atoms with E-state index >= 15 is 0 Å². The van der Waals surface area contributed by atoms with Crippen molar-refractivity contribution >= 4 is 13.4 Å². The van der Waals surface area contributed by atoms with Crippen LogP contribution in [0.1, 0.15) is 6.92 Å². The molecule has 0 aromatic rings. The summed E-state index contributed by atoms with van der Waals surface area (Å²) in [5.74, 6) is -1.47. The minimum absolute atomic E-state index is 0.182. The Morgan fingerprint density at radius 2 is 2.13 bits per heavy atom. The van der Waals surface area contributed by atoms with Crippen molar-refractivity contribution in [3.63, 3.8) is 0 Å².